The Bertz CT molecular complexity index is 680. The molecule has 3 N–H and O–H groups in total. The number of nitrogens with two attached hydrogens (primary N) is 1. The third-order valence-corrected chi connectivity index (χ3v) is 3.65. The van der Waals surface area contributed by atoms with Gasteiger partial charge >= 0.3 is 0 Å². The Morgan fingerprint density at radius 3 is 2.76 bits per heavy atom. The molecule has 0 unspecified atom stereocenters. The van der Waals surface area contributed by atoms with Gasteiger partial charge in [0.25, 0.3) is 0 Å². The highest BCUT2D eigenvalue weighted by atomic mass is 35.5. The molecule has 1 aromatic heterocycles. The number of amidine groups is 1. The molecule has 2 aromatic rings. The summed E-state index contributed by atoms with van der Waals surface area (Å²) in [5, 5.41) is 17.1. The zero-order valence-electron chi connectivity index (χ0n) is 12.2. The van der Waals surface area contributed by atoms with E-state index in [1.807, 2.05) is 50.2 Å². The van der Waals surface area contributed by atoms with Crippen molar-refractivity contribution < 1.29 is 5.21 Å². The van der Waals surface area contributed by atoms with E-state index in [9.17, 15) is 0 Å². The summed E-state index contributed by atoms with van der Waals surface area (Å²) in [5.41, 5.74) is 8.08. The van der Waals surface area contributed by atoms with Crippen LogP contribution in [0, 0.1) is 6.92 Å². The molecular formula is C14H18ClN5O. The van der Waals surface area contributed by atoms with Gasteiger partial charge in [-0.1, -0.05) is 35.0 Å². The molecule has 6 nitrogen and oxygen atoms in total. The molecule has 0 saturated heterocycles. The lowest BCUT2D eigenvalue weighted by Crippen LogP contribution is -2.24. The Hall–Kier alpha value is -2.21. The zero-order valence-corrected chi connectivity index (χ0v) is 13.0. The van der Waals surface area contributed by atoms with E-state index in [-0.39, 0.29) is 5.84 Å². The van der Waals surface area contributed by atoms with Crippen LogP contribution in [0.25, 0.3) is 0 Å². The van der Waals surface area contributed by atoms with E-state index in [0.717, 1.165) is 11.4 Å². The highest BCUT2D eigenvalue weighted by Crippen LogP contribution is 2.25. The summed E-state index contributed by atoms with van der Waals surface area (Å²) in [6.45, 7) is 2.41. The molecule has 112 valence electrons. The van der Waals surface area contributed by atoms with Gasteiger partial charge in [-0.15, -0.1) is 0 Å². The molecule has 0 fully saturated rings. The minimum atomic E-state index is 0.0432. The maximum Gasteiger partial charge on any atom is 0.175 e. The largest absolute Gasteiger partial charge is 0.409 e. The molecule has 1 aromatic carbocycles. The van der Waals surface area contributed by atoms with Crippen LogP contribution in [0.4, 0.5) is 5.82 Å². The van der Waals surface area contributed by atoms with Crippen LogP contribution in [0.5, 0.6) is 0 Å². The second-order valence-corrected chi connectivity index (χ2v) is 5.25. The van der Waals surface area contributed by atoms with E-state index >= 15 is 0 Å². The summed E-state index contributed by atoms with van der Waals surface area (Å²) in [4.78, 5) is 1.97. The van der Waals surface area contributed by atoms with Gasteiger partial charge in [0.1, 0.15) is 5.82 Å². The maximum absolute atomic E-state index is 8.95. The van der Waals surface area contributed by atoms with Crippen LogP contribution >= 0.6 is 11.6 Å². The van der Waals surface area contributed by atoms with Crippen molar-refractivity contribution in [1.29, 1.82) is 0 Å². The lowest BCUT2D eigenvalue weighted by molar-refractivity contribution is 0.318. The van der Waals surface area contributed by atoms with E-state index in [2.05, 4.69) is 10.3 Å². The molecule has 0 aliphatic rings. The first-order valence-electron chi connectivity index (χ1n) is 6.41. The van der Waals surface area contributed by atoms with Crippen molar-refractivity contribution >= 4 is 23.3 Å². The molecule has 0 amide bonds. The summed E-state index contributed by atoms with van der Waals surface area (Å²) < 4.78 is 1.71. The smallest absolute Gasteiger partial charge is 0.175 e. The van der Waals surface area contributed by atoms with E-state index in [1.54, 1.807) is 4.68 Å². The molecular weight excluding hydrogens is 290 g/mol. The van der Waals surface area contributed by atoms with Crippen molar-refractivity contribution in [3.05, 3.63) is 46.1 Å². The highest BCUT2D eigenvalue weighted by Gasteiger charge is 2.20. The predicted octanol–water partition coefficient (Wildman–Crippen LogP) is 2.11. The van der Waals surface area contributed by atoms with Crippen molar-refractivity contribution in [2.45, 2.75) is 13.5 Å². The van der Waals surface area contributed by atoms with E-state index < -0.39 is 0 Å². The van der Waals surface area contributed by atoms with Crippen molar-refractivity contribution in [3.8, 4) is 0 Å². The third kappa shape index (κ3) is 2.95. The van der Waals surface area contributed by atoms with Crippen LogP contribution in [0.1, 0.15) is 16.8 Å². The average Bonchev–Trinajstić information content (AvgIpc) is 2.75. The van der Waals surface area contributed by atoms with Gasteiger partial charge < -0.3 is 15.8 Å². The number of hydrogen-bond acceptors (Lipinski definition) is 4. The van der Waals surface area contributed by atoms with Crippen LogP contribution in [0.3, 0.4) is 0 Å². The summed E-state index contributed by atoms with van der Waals surface area (Å²) in [7, 11) is 3.73. The van der Waals surface area contributed by atoms with E-state index in [1.165, 1.54) is 0 Å². The Morgan fingerprint density at radius 2 is 2.14 bits per heavy atom. The number of hydrogen-bond donors (Lipinski definition) is 2. The van der Waals surface area contributed by atoms with Crippen LogP contribution in [0.2, 0.25) is 5.02 Å². The van der Waals surface area contributed by atoms with Crippen molar-refractivity contribution in [2.75, 3.05) is 11.9 Å². The quantitative estimate of drug-likeness (QED) is 0.392. The van der Waals surface area contributed by atoms with Crippen molar-refractivity contribution in [1.82, 2.24) is 9.78 Å². The van der Waals surface area contributed by atoms with Gasteiger partial charge in [-0.25, -0.2) is 0 Å². The maximum atomic E-state index is 8.95. The van der Waals surface area contributed by atoms with Crippen LogP contribution in [0.15, 0.2) is 29.4 Å². The van der Waals surface area contributed by atoms with Gasteiger partial charge in [-0.05, 0) is 18.6 Å². The summed E-state index contributed by atoms with van der Waals surface area (Å²) >= 11 is 6.19. The first-order chi connectivity index (χ1) is 9.95. The molecule has 0 atom stereocenters. The number of rotatable bonds is 4. The molecule has 7 heteroatoms. The van der Waals surface area contributed by atoms with Gasteiger partial charge in [0.05, 0.1) is 11.3 Å². The molecule has 0 aliphatic heterocycles. The normalized spacial score (nSPS) is 11.7. The molecule has 2 rings (SSSR count). The number of anilines is 1. The van der Waals surface area contributed by atoms with Crippen LogP contribution in [-0.2, 0) is 13.6 Å². The first-order valence-corrected chi connectivity index (χ1v) is 6.79. The Labute approximate surface area is 128 Å². The standard InChI is InChI=1S/C14H18ClN5O/c1-9-12(13(16)18-21)14(20(3)17-9)19(2)8-10-6-4-5-7-11(10)15/h4-7,21H,8H2,1-3H3,(H2,16,18). The van der Waals surface area contributed by atoms with Crippen LogP contribution in [-0.4, -0.2) is 27.9 Å². The fourth-order valence-corrected chi connectivity index (χ4v) is 2.59. The molecule has 0 aliphatic carbocycles. The van der Waals surface area contributed by atoms with Crippen molar-refractivity contribution in [2.24, 2.45) is 17.9 Å². The second kappa shape index (κ2) is 6.05. The second-order valence-electron chi connectivity index (χ2n) is 4.84. The monoisotopic (exact) mass is 307 g/mol. The summed E-state index contributed by atoms with van der Waals surface area (Å²) in [6, 6.07) is 7.64. The third-order valence-electron chi connectivity index (χ3n) is 3.28. The summed E-state index contributed by atoms with van der Waals surface area (Å²) in [6.07, 6.45) is 0. The van der Waals surface area contributed by atoms with E-state index in [4.69, 9.17) is 22.5 Å². The first kappa shape index (κ1) is 15.2. The lowest BCUT2D eigenvalue weighted by atomic mass is 10.2. The van der Waals surface area contributed by atoms with Gasteiger partial charge in [-0.2, -0.15) is 5.10 Å². The average molecular weight is 308 g/mol. The number of benzene rings is 1. The minimum Gasteiger partial charge on any atom is -0.409 e. The predicted molar refractivity (Wildman–Crippen MR) is 84.0 cm³/mol. The fourth-order valence-electron chi connectivity index (χ4n) is 2.39. The van der Waals surface area contributed by atoms with Crippen LogP contribution < -0.4 is 10.6 Å². The molecule has 0 radical (unpaired) electrons. The molecule has 0 spiro atoms. The molecule has 1 heterocycles. The zero-order chi connectivity index (χ0) is 15.6. The number of nitrogens with zero attached hydrogens (tertiary/aromatic N) is 4. The fraction of sp³-hybridized carbons (Fsp3) is 0.286. The van der Waals surface area contributed by atoms with Gasteiger partial charge in [0.15, 0.2) is 5.84 Å². The Balaban J connectivity index is 2.40. The van der Waals surface area contributed by atoms with Gasteiger partial charge in [-0.3, -0.25) is 4.68 Å². The minimum absolute atomic E-state index is 0.0432. The van der Waals surface area contributed by atoms with Crippen molar-refractivity contribution in [3.63, 3.8) is 0 Å². The van der Waals surface area contributed by atoms with Gasteiger partial charge in [0.2, 0.25) is 0 Å². The number of oxime groups is 1. The topological polar surface area (TPSA) is 79.7 Å². The Morgan fingerprint density at radius 1 is 1.48 bits per heavy atom. The summed E-state index contributed by atoms with van der Waals surface area (Å²) in [5.74, 6) is 0.810. The number of halogens is 1. The molecule has 0 bridgehead atoms. The number of aryl methyl sites for hydroxylation is 2. The number of aromatic nitrogens is 2. The highest BCUT2D eigenvalue weighted by molar-refractivity contribution is 6.31. The molecule has 21 heavy (non-hydrogen) atoms. The van der Waals surface area contributed by atoms with Gasteiger partial charge in [0, 0.05) is 25.7 Å². The lowest BCUT2D eigenvalue weighted by Gasteiger charge is -2.21. The molecule has 0 saturated carbocycles. The SMILES string of the molecule is Cc1nn(C)c(N(C)Cc2ccccc2Cl)c1C(N)=NO. The Kier molecular flexibility index (Phi) is 4.37. The van der Waals surface area contributed by atoms with E-state index in [0.29, 0.717) is 22.8 Å².